The Balaban J connectivity index is 1.65. The highest BCUT2D eigenvalue weighted by Crippen LogP contribution is 2.32. The van der Waals surface area contributed by atoms with Crippen LogP contribution in [0.5, 0.6) is 0 Å². The van der Waals surface area contributed by atoms with Crippen LogP contribution < -0.4 is 4.90 Å². The van der Waals surface area contributed by atoms with Crippen LogP contribution in [0.1, 0.15) is 38.8 Å². The van der Waals surface area contributed by atoms with Crippen molar-refractivity contribution < 1.29 is 14.3 Å². The average Bonchev–Trinajstić information content (AvgIpc) is 3.18. The molecule has 31 heavy (non-hydrogen) atoms. The number of thiazole rings is 1. The number of fused-ring (bicyclic) bond motifs is 1. The van der Waals surface area contributed by atoms with Crippen LogP contribution in [0.4, 0.5) is 5.13 Å². The highest BCUT2D eigenvalue weighted by Gasteiger charge is 2.23. The number of amides is 1. The Morgan fingerprint density at radius 2 is 1.77 bits per heavy atom. The van der Waals surface area contributed by atoms with Crippen LogP contribution in [0.25, 0.3) is 10.2 Å². The van der Waals surface area contributed by atoms with Gasteiger partial charge in [0, 0.05) is 37.3 Å². The Morgan fingerprint density at radius 1 is 1.10 bits per heavy atom. The number of Topliss-reactive ketones (excluding diaryl/α,β-unsaturated/α-hetero) is 1. The van der Waals surface area contributed by atoms with Crippen molar-refractivity contribution in [1.82, 2.24) is 9.88 Å². The van der Waals surface area contributed by atoms with Gasteiger partial charge in [-0.15, -0.1) is 0 Å². The SMILES string of the molecule is CC(=O)c1ccc(C(=O)N(CCN2CCOCC2)c2nc3c(C)cc(C)cc3s2)cc1. The maximum atomic E-state index is 13.5. The zero-order valence-corrected chi connectivity index (χ0v) is 19.0. The van der Waals surface area contributed by atoms with Crippen molar-refractivity contribution in [2.75, 3.05) is 44.3 Å². The molecular formula is C24H27N3O3S. The molecule has 0 aliphatic carbocycles. The minimum atomic E-state index is -0.100. The molecule has 0 N–H and O–H groups in total. The molecule has 1 amide bonds. The highest BCUT2D eigenvalue weighted by molar-refractivity contribution is 7.22. The van der Waals surface area contributed by atoms with Crippen molar-refractivity contribution in [1.29, 1.82) is 0 Å². The van der Waals surface area contributed by atoms with E-state index in [1.807, 2.05) is 0 Å². The molecule has 1 aliphatic heterocycles. The van der Waals surface area contributed by atoms with Crippen molar-refractivity contribution in [3.8, 4) is 0 Å². The standard InChI is InChI=1S/C24H27N3O3S/c1-16-14-17(2)22-21(15-16)31-24(25-22)27(9-8-26-10-12-30-13-11-26)23(29)20-6-4-19(5-7-20)18(3)28/h4-7,14-15H,8-13H2,1-3H3. The zero-order chi connectivity index (χ0) is 22.0. The van der Waals surface area contributed by atoms with E-state index < -0.39 is 0 Å². The van der Waals surface area contributed by atoms with E-state index in [4.69, 9.17) is 9.72 Å². The number of aryl methyl sites for hydroxylation is 2. The number of rotatable bonds is 6. The van der Waals surface area contributed by atoms with Gasteiger partial charge in [-0.2, -0.15) is 0 Å². The smallest absolute Gasteiger partial charge is 0.260 e. The van der Waals surface area contributed by atoms with Gasteiger partial charge in [0.05, 0.1) is 23.4 Å². The Morgan fingerprint density at radius 3 is 2.45 bits per heavy atom. The van der Waals surface area contributed by atoms with E-state index in [2.05, 4.69) is 30.9 Å². The Labute approximate surface area is 186 Å². The molecule has 2 heterocycles. The first kappa shape index (κ1) is 21.6. The highest BCUT2D eigenvalue weighted by atomic mass is 32.1. The third-order valence-electron chi connectivity index (χ3n) is 5.58. The third-order valence-corrected chi connectivity index (χ3v) is 6.60. The molecular weight excluding hydrogens is 410 g/mol. The lowest BCUT2D eigenvalue weighted by Gasteiger charge is -2.29. The van der Waals surface area contributed by atoms with Gasteiger partial charge in [0.2, 0.25) is 0 Å². The molecule has 3 aromatic rings. The van der Waals surface area contributed by atoms with E-state index in [1.165, 1.54) is 12.5 Å². The van der Waals surface area contributed by atoms with Gasteiger partial charge in [-0.3, -0.25) is 19.4 Å². The van der Waals surface area contributed by atoms with Gasteiger partial charge >= 0.3 is 0 Å². The van der Waals surface area contributed by atoms with Crippen LogP contribution >= 0.6 is 11.3 Å². The molecule has 1 aliphatic rings. The molecule has 2 aromatic carbocycles. The van der Waals surface area contributed by atoms with Crippen molar-refractivity contribution >= 4 is 38.4 Å². The number of hydrogen-bond donors (Lipinski definition) is 0. The summed E-state index contributed by atoms with van der Waals surface area (Å²) in [6, 6.07) is 11.1. The third kappa shape index (κ3) is 4.84. The molecule has 6 nitrogen and oxygen atoms in total. The fraction of sp³-hybridized carbons (Fsp3) is 0.375. The van der Waals surface area contributed by atoms with E-state index in [0.29, 0.717) is 22.8 Å². The second-order valence-corrected chi connectivity index (χ2v) is 8.98. The molecule has 4 rings (SSSR count). The number of carbonyl (C=O) groups is 2. The molecule has 0 bridgehead atoms. The first-order valence-electron chi connectivity index (χ1n) is 10.5. The fourth-order valence-electron chi connectivity index (χ4n) is 3.83. The van der Waals surface area contributed by atoms with Crippen molar-refractivity contribution in [3.63, 3.8) is 0 Å². The molecule has 1 fully saturated rings. The Bertz CT molecular complexity index is 1100. The molecule has 0 radical (unpaired) electrons. The lowest BCUT2D eigenvalue weighted by Crippen LogP contribution is -2.43. The predicted molar refractivity (Wildman–Crippen MR) is 124 cm³/mol. The summed E-state index contributed by atoms with van der Waals surface area (Å²) in [5.41, 5.74) is 4.40. The van der Waals surface area contributed by atoms with Gasteiger partial charge in [-0.05, 0) is 50.1 Å². The van der Waals surface area contributed by atoms with Gasteiger partial charge in [-0.1, -0.05) is 29.5 Å². The van der Waals surface area contributed by atoms with E-state index >= 15 is 0 Å². The van der Waals surface area contributed by atoms with Gasteiger partial charge in [0.25, 0.3) is 5.91 Å². The van der Waals surface area contributed by atoms with Gasteiger partial charge in [0.1, 0.15) is 0 Å². The number of hydrogen-bond acceptors (Lipinski definition) is 6. The Kier molecular flexibility index (Phi) is 6.46. The summed E-state index contributed by atoms with van der Waals surface area (Å²) in [6.07, 6.45) is 0. The minimum Gasteiger partial charge on any atom is -0.379 e. The number of benzene rings is 2. The minimum absolute atomic E-state index is 0.0137. The summed E-state index contributed by atoms with van der Waals surface area (Å²) in [6.45, 7) is 10.1. The number of aromatic nitrogens is 1. The van der Waals surface area contributed by atoms with Crippen molar-refractivity contribution in [2.24, 2.45) is 0 Å². The number of anilines is 1. The van der Waals surface area contributed by atoms with E-state index in [9.17, 15) is 9.59 Å². The van der Waals surface area contributed by atoms with Crippen LogP contribution in [-0.4, -0.2) is 61.0 Å². The molecule has 0 unspecified atom stereocenters. The van der Waals surface area contributed by atoms with Crippen LogP contribution in [0, 0.1) is 13.8 Å². The van der Waals surface area contributed by atoms with Crippen LogP contribution in [0.15, 0.2) is 36.4 Å². The molecule has 0 atom stereocenters. The summed E-state index contributed by atoms with van der Waals surface area (Å²) >= 11 is 1.55. The topological polar surface area (TPSA) is 62.7 Å². The summed E-state index contributed by atoms with van der Waals surface area (Å²) in [5.74, 6) is -0.114. The predicted octanol–water partition coefficient (Wildman–Crippen LogP) is 4.09. The molecule has 7 heteroatoms. The van der Waals surface area contributed by atoms with Gasteiger partial charge < -0.3 is 4.74 Å². The van der Waals surface area contributed by atoms with Crippen molar-refractivity contribution in [2.45, 2.75) is 20.8 Å². The normalized spacial score (nSPS) is 14.7. The largest absolute Gasteiger partial charge is 0.379 e. The molecule has 1 aromatic heterocycles. The first-order valence-corrected chi connectivity index (χ1v) is 11.3. The number of nitrogens with zero attached hydrogens (tertiary/aromatic N) is 3. The monoisotopic (exact) mass is 437 g/mol. The second-order valence-electron chi connectivity index (χ2n) is 7.97. The van der Waals surface area contributed by atoms with E-state index in [-0.39, 0.29) is 11.7 Å². The fourth-order valence-corrected chi connectivity index (χ4v) is 4.99. The van der Waals surface area contributed by atoms with Gasteiger partial charge in [0.15, 0.2) is 10.9 Å². The second kappa shape index (κ2) is 9.26. The molecule has 0 saturated carbocycles. The lowest BCUT2D eigenvalue weighted by atomic mass is 10.1. The zero-order valence-electron chi connectivity index (χ0n) is 18.2. The van der Waals surface area contributed by atoms with Gasteiger partial charge in [-0.25, -0.2) is 4.98 Å². The molecule has 0 spiro atoms. The van der Waals surface area contributed by atoms with E-state index in [1.54, 1.807) is 40.5 Å². The average molecular weight is 438 g/mol. The maximum Gasteiger partial charge on any atom is 0.260 e. The number of ketones is 1. The van der Waals surface area contributed by atoms with Crippen molar-refractivity contribution in [3.05, 3.63) is 58.7 Å². The molecule has 1 saturated heterocycles. The summed E-state index contributed by atoms with van der Waals surface area (Å²) < 4.78 is 6.53. The summed E-state index contributed by atoms with van der Waals surface area (Å²) in [5, 5.41) is 0.706. The number of ether oxygens (including phenoxy) is 1. The van der Waals surface area contributed by atoms with Crippen LogP contribution in [0.2, 0.25) is 0 Å². The van der Waals surface area contributed by atoms with Crippen LogP contribution in [-0.2, 0) is 4.74 Å². The lowest BCUT2D eigenvalue weighted by molar-refractivity contribution is 0.0391. The number of morpholine rings is 1. The quantitative estimate of drug-likeness (QED) is 0.544. The summed E-state index contributed by atoms with van der Waals surface area (Å²) in [4.78, 5) is 34.0. The maximum absolute atomic E-state index is 13.5. The first-order chi connectivity index (χ1) is 14.9. The Hall–Kier alpha value is -2.61. The number of carbonyl (C=O) groups excluding carboxylic acids is 2. The summed E-state index contributed by atoms with van der Waals surface area (Å²) in [7, 11) is 0. The molecule has 162 valence electrons. The van der Waals surface area contributed by atoms with Crippen LogP contribution in [0.3, 0.4) is 0 Å². The van der Waals surface area contributed by atoms with E-state index in [0.717, 1.165) is 48.6 Å².